The summed E-state index contributed by atoms with van der Waals surface area (Å²) in [5.74, 6) is -0.0500. The number of carbonyl (C=O) groups excluding carboxylic acids is 1. The number of rotatable bonds is 6. The molecule has 1 saturated heterocycles. The maximum absolute atomic E-state index is 12.0. The summed E-state index contributed by atoms with van der Waals surface area (Å²) in [4.78, 5) is 12.0. The topological polar surface area (TPSA) is 50.4 Å². The Hall–Kier alpha value is -1.10. The van der Waals surface area contributed by atoms with Crippen LogP contribution in [0.25, 0.3) is 0 Å². The summed E-state index contributed by atoms with van der Waals surface area (Å²) in [7, 11) is 0. The highest BCUT2D eigenvalue weighted by Crippen LogP contribution is 2.15. The van der Waals surface area contributed by atoms with Gasteiger partial charge in [-0.15, -0.1) is 0 Å². The lowest BCUT2D eigenvalue weighted by atomic mass is 10.1. The molecular weight excluding hydrogens is 288 g/mol. The van der Waals surface area contributed by atoms with Crippen molar-refractivity contribution in [1.82, 2.24) is 10.6 Å². The highest BCUT2D eigenvalue weighted by Gasteiger charge is 2.13. The Labute approximate surface area is 131 Å². The predicted octanol–water partition coefficient (Wildman–Crippen LogP) is 2.54. The lowest BCUT2D eigenvalue weighted by molar-refractivity contribution is 0.0318. The first-order chi connectivity index (χ1) is 10.2. The first-order valence-corrected chi connectivity index (χ1v) is 7.91. The van der Waals surface area contributed by atoms with E-state index in [1.165, 1.54) is 0 Å². The molecule has 2 rings (SSSR count). The van der Waals surface area contributed by atoms with Gasteiger partial charge in [0, 0.05) is 23.7 Å². The second-order valence-electron chi connectivity index (χ2n) is 5.39. The first-order valence-electron chi connectivity index (χ1n) is 7.53. The molecule has 116 valence electrons. The largest absolute Gasteiger partial charge is 0.378 e. The zero-order chi connectivity index (χ0) is 15.1. The standard InChI is InChI=1S/C16H23ClN2O2/c1-12-11-13(17)3-4-15(12)16(20)19-7-2-10-21-14-5-8-18-9-6-14/h3-4,11,14,18H,2,5-10H2,1H3,(H,19,20). The summed E-state index contributed by atoms with van der Waals surface area (Å²) in [6, 6.07) is 5.30. The van der Waals surface area contributed by atoms with Crippen LogP contribution >= 0.6 is 11.6 Å². The lowest BCUT2D eigenvalue weighted by Gasteiger charge is -2.22. The van der Waals surface area contributed by atoms with E-state index in [1.54, 1.807) is 18.2 Å². The smallest absolute Gasteiger partial charge is 0.251 e. The van der Waals surface area contributed by atoms with Crippen molar-refractivity contribution in [1.29, 1.82) is 0 Å². The van der Waals surface area contributed by atoms with Gasteiger partial charge in [-0.3, -0.25) is 4.79 Å². The number of hydrogen-bond acceptors (Lipinski definition) is 3. The zero-order valence-corrected chi connectivity index (χ0v) is 13.2. The molecule has 0 unspecified atom stereocenters. The SMILES string of the molecule is Cc1cc(Cl)ccc1C(=O)NCCCOC1CCNCC1. The van der Waals surface area contributed by atoms with E-state index in [-0.39, 0.29) is 5.91 Å². The molecule has 1 fully saturated rings. The third-order valence-corrected chi connectivity index (χ3v) is 3.91. The Morgan fingerprint density at radius 1 is 1.43 bits per heavy atom. The molecule has 0 aromatic heterocycles. The van der Waals surface area contributed by atoms with Gasteiger partial charge in [-0.1, -0.05) is 11.6 Å². The molecule has 1 heterocycles. The third-order valence-electron chi connectivity index (χ3n) is 3.68. The first kappa shape index (κ1) is 16.3. The molecule has 0 saturated carbocycles. The molecule has 1 aromatic carbocycles. The molecule has 1 amide bonds. The van der Waals surface area contributed by atoms with Crippen LogP contribution in [0.3, 0.4) is 0 Å². The maximum atomic E-state index is 12.0. The summed E-state index contributed by atoms with van der Waals surface area (Å²) in [6.07, 6.45) is 3.37. The Kier molecular flexibility index (Phi) is 6.49. The van der Waals surface area contributed by atoms with Crippen molar-refractivity contribution in [2.75, 3.05) is 26.2 Å². The monoisotopic (exact) mass is 310 g/mol. The van der Waals surface area contributed by atoms with E-state index in [1.807, 2.05) is 6.92 Å². The fourth-order valence-corrected chi connectivity index (χ4v) is 2.69. The normalized spacial score (nSPS) is 15.9. The summed E-state index contributed by atoms with van der Waals surface area (Å²) < 4.78 is 5.80. The number of piperidine rings is 1. The minimum Gasteiger partial charge on any atom is -0.378 e. The van der Waals surface area contributed by atoms with Crippen molar-refractivity contribution < 1.29 is 9.53 Å². The number of halogens is 1. The summed E-state index contributed by atoms with van der Waals surface area (Å²) in [5, 5.41) is 6.89. The number of aryl methyl sites for hydroxylation is 1. The highest BCUT2D eigenvalue weighted by atomic mass is 35.5. The zero-order valence-electron chi connectivity index (χ0n) is 12.5. The van der Waals surface area contributed by atoms with E-state index < -0.39 is 0 Å². The molecule has 0 aliphatic carbocycles. The van der Waals surface area contributed by atoms with Crippen LogP contribution in [-0.2, 0) is 4.74 Å². The highest BCUT2D eigenvalue weighted by molar-refractivity contribution is 6.30. The van der Waals surface area contributed by atoms with Crippen LogP contribution in [0.1, 0.15) is 35.2 Å². The van der Waals surface area contributed by atoms with Crippen LogP contribution in [0.4, 0.5) is 0 Å². The second-order valence-corrected chi connectivity index (χ2v) is 5.83. The Morgan fingerprint density at radius 3 is 2.90 bits per heavy atom. The molecule has 0 bridgehead atoms. The summed E-state index contributed by atoms with van der Waals surface area (Å²) in [5.41, 5.74) is 1.57. The maximum Gasteiger partial charge on any atom is 0.251 e. The van der Waals surface area contributed by atoms with Gasteiger partial charge in [0.15, 0.2) is 0 Å². The van der Waals surface area contributed by atoms with Gasteiger partial charge in [-0.05, 0) is 63.0 Å². The molecule has 4 nitrogen and oxygen atoms in total. The van der Waals surface area contributed by atoms with Gasteiger partial charge in [0.25, 0.3) is 5.91 Å². The van der Waals surface area contributed by atoms with Gasteiger partial charge in [0.2, 0.25) is 0 Å². The average Bonchev–Trinajstić information content (AvgIpc) is 2.47. The van der Waals surface area contributed by atoms with Gasteiger partial charge in [0.05, 0.1) is 6.10 Å². The van der Waals surface area contributed by atoms with E-state index in [2.05, 4.69) is 10.6 Å². The molecular formula is C16H23ClN2O2. The number of hydrogen-bond donors (Lipinski definition) is 2. The lowest BCUT2D eigenvalue weighted by Crippen LogP contribution is -2.33. The van der Waals surface area contributed by atoms with Gasteiger partial charge in [-0.25, -0.2) is 0 Å². The Bertz CT molecular complexity index is 473. The fourth-order valence-electron chi connectivity index (χ4n) is 2.46. The van der Waals surface area contributed by atoms with Gasteiger partial charge < -0.3 is 15.4 Å². The predicted molar refractivity (Wildman–Crippen MR) is 85.0 cm³/mol. The number of nitrogens with one attached hydrogen (secondary N) is 2. The molecule has 5 heteroatoms. The number of ether oxygens (including phenoxy) is 1. The molecule has 0 spiro atoms. The minimum absolute atomic E-state index is 0.0500. The van der Waals surface area contributed by atoms with Gasteiger partial charge in [0.1, 0.15) is 0 Å². The van der Waals surface area contributed by atoms with E-state index in [4.69, 9.17) is 16.3 Å². The summed E-state index contributed by atoms with van der Waals surface area (Å²) in [6.45, 7) is 5.30. The minimum atomic E-state index is -0.0500. The van der Waals surface area contributed by atoms with Crippen molar-refractivity contribution in [3.8, 4) is 0 Å². The van der Waals surface area contributed by atoms with E-state index in [9.17, 15) is 4.79 Å². The molecule has 2 N–H and O–H groups in total. The molecule has 21 heavy (non-hydrogen) atoms. The third kappa shape index (κ3) is 5.30. The van der Waals surface area contributed by atoms with Crippen molar-refractivity contribution in [2.24, 2.45) is 0 Å². The average molecular weight is 311 g/mol. The number of benzene rings is 1. The van der Waals surface area contributed by atoms with Crippen molar-refractivity contribution in [3.05, 3.63) is 34.3 Å². The molecule has 1 aliphatic rings. The second kappa shape index (κ2) is 8.37. The molecule has 1 aromatic rings. The Morgan fingerprint density at radius 2 is 2.19 bits per heavy atom. The number of amides is 1. The van der Waals surface area contributed by atoms with Crippen LogP contribution < -0.4 is 10.6 Å². The van der Waals surface area contributed by atoms with Crippen LogP contribution in [0, 0.1) is 6.92 Å². The van der Waals surface area contributed by atoms with Crippen molar-refractivity contribution in [2.45, 2.75) is 32.3 Å². The van der Waals surface area contributed by atoms with Gasteiger partial charge in [-0.2, -0.15) is 0 Å². The van der Waals surface area contributed by atoms with Crippen LogP contribution in [0.15, 0.2) is 18.2 Å². The molecule has 1 aliphatic heterocycles. The quantitative estimate of drug-likeness (QED) is 0.794. The van der Waals surface area contributed by atoms with Crippen molar-refractivity contribution >= 4 is 17.5 Å². The van der Waals surface area contributed by atoms with Crippen LogP contribution in [-0.4, -0.2) is 38.3 Å². The van der Waals surface area contributed by atoms with E-state index in [0.29, 0.717) is 29.8 Å². The molecule has 0 radical (unpaired) electrons. The van der Waals surface area contributed by atoms with Crippen molar-refractivity contribution in [3.63, 3.8) is 0 Å². The molecule has 0 atom stereocenters. The van der Waals surface area contributed by atoms with Crippen LogP contribution in [0.2, 0.25) is 5.02 Å². The van der Waals surface area contributed by atoms with Gasteiger partial charge >= 0.3 is 0 Å². The Balaban J connectivity index is 1.64. The number of carbonyl (C=O) groups is 1. The van der Waals surface area contributed by atoms with E-state index >= 15 is 0 Å². The summed E-state index contributed by atoms with van der Waals surface area (Å²) >= 11 is 5.89. The van der Waals surface area contributed by atoms with Crippen LogP contribution in [0.5, 0.6) is 0 Å². The fraction of sp³-hybridized carbons (Fsp3) is 0.562. The van der Waals surface area contributed by atoms with E-state index in [0.717, 1.165) is 37.9 Å².